The molecule has 1 saturated carbocycles. The van der Waals surface area contributed by atoms with Gasteiger partial charge in [-0.3, -0.25) is 4.68 Å². The zero-order valence-corrected chi connectivity index (χ0v) is 10.8. The number of nitrogens with one attached hydrogen (secondary N) is 1. The van der Waals surface area contributed by atoms with Crippen LogP contribution in [0.4, 0.5) is 5.69 Å². The van der Waals surface area contributed by atoms with Gasteiger partial charge in [-0.2, -0.15) is 5.10 Å². The van der Waals surface area contributed by atoms with Crippen molar-refractivity contribution in [3.05, 3.63) is 11.9 Å². The number of hydrogen-bond acceptors (Lipinski definition) is 2. The fraction of sp³-hybridized carbons (Fsp3) is 0.769. The monoisotopic (exact) mass is 221 g/mol. The lowest BCUT2D eigenvalue weighted by atomic mass is 9.78. The molecule has 0 saturated heterocycles. The molecule has 1 aromatic rings. The van der Waals surface area contributed by atoms with E-state index in [9.17, 15) is 0 Å². The van der Waals surface area contributed by atoms with E-state index in [-0.39, 0.29) is 0 Å². The molecule has 1 aliphatic rings. The van der Waals surface area contributed by atoms with Crippen molar-refractivity contribution >= 4 is 5.69 Å². The third-order valence-corrected chi connectivity index (χ3v) is 4.10. The Balaban J connectivity index is 2.10. The lowest BCUT2D eigenvalue weighted by molar-refractivity contribution is 0.268. The van der Waals surface area contributed by atoms with Crippen LogP contribution in [0.5, 0.6) is 0 Å². The normalized spacial score (nSPS) is 30.4. The smallest absolute Gasteiger partial charge is 0.0758 e. The highest BCUT2D eigenvalue weighted by atomic mass is 15.3. The molecule has 0 radical (unpaired) electrons. The molecule has 3 heteroatoms. The van der Waals surface area contributed by atoms with Crippen LogP contribution in [0.25, 0.3) is 0 Å². The summed E-state index contributed by atoms with van der Waals surface area (Å²) in [5, 5.41) is 7.97. The SMILES string of the molecule is Cc1c(NC2C(C)CCCC2C)cnn1C. The van der Waals surface area contributed by atoms with Crippen molar-refractivity contribution in [2.24, 2.45) is 18.9 Å². The Hall–Kier alpha value is -0.990. The number of aromatic nitrogens is 2. The van der Waals surface area contributed by atoms with Crippen LogP contribution in [0.15, 0.2) is 6.20 Å². The standard InChI is InChI=1S/C13H23N3/c1-9-6-5-7-10(2)13(9)15-12-8-14-16(4)11(12)3/h8-10,13,15H,5-7H2,1-4H3. The van der Waals surface area contributed by atoms with Crippen LogP contribution in [0.2, 0.25) is 0 Å². The van der Waals surface area contributed by atoms with Gasteiger partial charge in [0.05, 0.1) is 17.6 Å². The highest BCUT2D eigenvalue weighted by molar-refractivity contribution is 5.46. The molecule has 3 nitrogen and oxygen atoms in total. The van der Waals surface area contributed by atoms with Gasteiger partial charge in [-0.25, -0.2) is 0 Å². The minimum atomic E-state index is 0.608. The summed E-state index contributed by atoms with van der Waals surface area (Å²) in [7, 11) is 1.99. The van der Waals surface area contributed by atoms with Crippen molar-refractivity contribution in [3.63, 3.8) is 0 Å². The largest absolute Gasteiger partial charge is 0.379 e. The van der Waals surface area contributed by atoms with E-state index >= 15 is 0 Å². The summed E-state index contributed by atoms with van der Waals surface area (Å²) >= 11 is 0. The van der Waals surface area contributed by atoms with Crippen LogP contribution in [-0.4, -0.2) is 15.8 Å². The van der Waals surface area contributed by atoms with Crippen molar-refractivity contribution in [3.8, 4) is 0 Å². The van der Waals surface area contributed by atoms with E-state index in [0.717, 1.165) is 11.8 Å². The molecule has 2 unspecified atom stereocenters. The molecule has 1 fully saturated rings. The van der Waals surface area contributed by atoms with Crippen LogP contribution in [0.3, 0.4) is 0 Å². The van der Waals surface area contributed by atoms with Gasteiger partial charge in [0.25, 0.3) is 0 Å². The molecule has 0 amide bonds. The minimum Gasteiger partial charge on any atom is -0.379 e. The molecular formula is C13H23N3. The Morgan fingerprint density at radius 3 is 2.44 bits per heavy atom. The van der Waals surface area contributed by atoms with E-state index in [4.69, 9.17) is 0 Å². The average Bonchev–Trinajstić information content (AvgIpc) is 2.55. The third-order valence-electron chi connectivity index (χ3n) is 4.10. The van der Waals surface area contributed by atoms with Crippen LogP contribution in [-0.2, 0) is 7.05 Å². The van der Waals surface area contributed by atoms with Crippen molar-refractivity contribution < 1.29 is 0 Å². The molecule has 1 aliphatic carbocycles. The van der Waals surface area contributed by atoms with Gasteiger partial charge >= 0.3 is 0 Å². The van der Waals surface area contributed by atoms with Gasteiger partial charge in [0.15, 0.2) is 0 Å². The Morgan fingerprint density at radius 2 is 1.94 bits per heavy atom. The summed E-state index contributed by atoms with van der Waals surface area (Å²) in [6.45, 7) is 6.84. The first-order chi connectivity index (χ1) is 7.59. The molecule has 1 heterocycles. The van der Waals surface area contributed by atoms with Crippen molar-refractivity contribution in [2.75, 3.05) is 5.32 Å². The van der Waals surface area contributed by atoms with E-state index in [2.05, 4.69) is 31.2 Å². The Labute approximate surface area is 98.2 Å². The molecule has 0 bridgehead atoms. The van der Waals surface area contributed by atoms with E-state index in [1.165, 1.54) is 30.6 Å². The van der Waals surface area contributed by atoms with E-state index in [0.29, 0.717) is 6.04 Å². The van der Waals surface area contributed by atoms with Gasteiger partial charge in [0, 0.05) is 13.1 Å². The van der Waals surface area contributed by atoms with Crippen LogP contribution >= 0.6 is 0 Å². The molecule has 2 rings (SSSR count). The molecule has 0 aliphatic heterocycles. The predicted molar refractivity (Wildman–Crippen MR) is 67.5 cm³/mol. The molecule has 0 aromatic carbocycles. The predicted octanol–water partition coefficient (Wildman–Crippen LogP) is 2.97. The summed E-state index contributed by atoms with van der Waals surface area (Å²) in [5.74, 6) is 1.53. The summed E-state index contributed by atoms with van der Waals surface area (Å²) in [5.41, 5.74) is 2.43. The van der Waals surface area contributed by atoms with Gasteiger partial charge in [0.1, 0.15) is 0 Å². The Bertz CT molecular complexity index is 346. The molecule has 0 spiro atoms. The maximum absolute atomic E-state index is 4.29. The summed E-state index contributed by atoms with van der Waals surface area (Å²) in [6, 6.07) is 0.608. The van der Waals surface area contributed by atoms with Crippen LogP contribution in [0.1, 0.15) is 38.8 Å². The van der Waals surface area contributed by atoms with Crippen LogP contribution < -0.4 is 5.32 Å². The Morgan fingerprint density at radius 1 is 1.31 bits per heavy atom. The second-order valence-electron chi connectivity index (χ2n) is 5.32. The first kappa shape index (κ1) is 11.5. The van der Waals surface area contributed by atoms with Crippen LogP contribution in [0, 0.1) is 18.8 Å². The summed E-state index contributed by atoms with van der Waals surface area (Å²) in [4.78, 5) is 0. The zero-order chi connectivity index (χ0) is 11.7. The van der Waals surface area contributed by atoms with Gasteiger partial charge in [-0.05, 0) is 31.6 Å². The highest BCUT2D eigenvalue weighted by Gasteiger charge is 2.28. The molecule has 90 valence electrons. The van der Waals surface area contributed by atoms with Gasteiger partial charge in [0.2, 0.25) is 0 Å². The second kappa shape index (κ2) is 4.48. The molecule has 16 heavy (non-hydrogen) atoms. The average molecular weight is 221 g/mol. The van der Waals surface area contributed by atoms with E-state index < -0.39 is 0 Å². The first-order valence-corrected chi connectivity index (χ1v) is 6.34. The van der Waals surface area contributed by atoms with E-state index in [1.807, 2.05) is 17.9 Å². The van der Waals surface area contributed by atoms with Crippen molar-refractivity contribution in [1.82, 2.24) is 9.78 Å². The van der Waals surface area contributed by atoms with Gasteiger partial charge in [-0.1, -0.05) is 20.3 Å². The highest BCUT2D eigenvalue weighted by Crippen LogP contribution is 2.31. The molecular weight excluding hydrogens is 198 g/mol. The van der Waals surface area contributed by atoms with Crippen molar-refractivity contribution in [1.29, 1.82) is 0 Å². The quantitative estimate of drug-likeness (QED) is 0.832. The van der Waals surface area contributed by atoms with Gasteiger partial charge < -0.3 is 5.32 Å². The fourth-order valence-electron chi connectivity index (χ4n) is 2.79. The lowest BCUT2D eigenvalue weighted by Crippen LogP contribution is -2.37. The number of hydrogen-bond donors (Lipinski definition) is 1. The zero-order valence-electron chi connectivity index (χ0n) is 10.8. The minimum absolute atomic E-state index is 0.608. The fourth-order valence-corrected chi connectivity index (χ4v) is 2.79. The lowest BCUT2D eigenvalue weighted by Gasteiger charge is -2.35. The topological polar surface area (TPSA) is 29.9 Å². The Kier molecular flexibility index (Phi) is 3.22. The number of aryl methyl sites for hydroxylation is 1. The summed E-state index contributed by atoms with van der Waals surface area (Å²) in [6.07, 6.45) is 6.03. The first-order valence-electron chi connectivity index (χ1n) is 6.34. The maximum atomic E-state index is 4.29. The van der Waals surface area contributed by atoms with E-state index in [1.54, 1.807) is 0 Å². The number of nitrogens with zero attached hydrogens (tertiary/aromatic N) is 2. The summed E-state index contributed by atoms with van der Waals surface area (Å²) < 4.78 is 1.93. The molecule has 1 aromatic heterocycles. The molecule has 2 atom stereocenters. The van der Waals surface area contributed by atoms with Gasteiger partial charge in [-0.15, -0.1) is 0 Å². The molecule has 1 N–H and O–H groups in total. The van der Waals surface area contributed by atoms with Crippen molar-refractivity contribution in [2.45, 2.75) is 46.1 Å². The third kappa shape index (κ3) is 2.08. The maximum Gasteiger partial charge on any atom is 0.0758 e. The number of anilines is 1. The second-order valence-corrected chi connectivity index (χ2v) is 5.32. The number of rotatable bonds is 2.